The van der Waals surface area contributed by atoms with Gasteiger partial charge in [-0.05, 0) is 57.7 Å². The van der Waals surface area contributed by atoms with E-state index in [4.69, 9.17) is 0 Å². The molecule has 2 nitrogen and oxygen atoms in total. The average molecular weight is 308 g/mol. The minimum atomic E-state index is 0.941. The third-order valence-corrected chi connectivity index (χ3v) is 4.74. The van der Waals surface area contributed by atoms with Gasteiger partial charge in [-0.3, -0.25) is 9.97 Å². The summed E-state index contributed by atoms with van der Waals surface area (Å²) >= 11 is 0. The van der Waals surface area contributed by atoms with Gasteiger partial charge in [0.05, 0.1) is 0 Å². The Morgan fingerprint density at radius 2 is 1.08 bits per heavy atom. The molecule has 114 valence electrons. The van der Waals surface area contributed by atoms with E-state index in [-0.39, 0.29) is 0 Å². The molecule has 0 unspecified atom stereocenters. The first kappa shape index (κ1) is 13.4. The van der Waals surface area contributed by atoms with E-state index in [2.05, 4.69) is 70.7 Å². The van der Waals surface area contributed by atoms with Crippen LogP contribution in [-0.2, 0) is 12.8 Å². The molecule has 1 aromatic carbocycles. The molecule has 5 rings (SSSR count). The van der Waals surface area contributed by atoms with Crippen molar-refractivity contribution in [2.45, 2.75) is 12.8 Å². The van der Waals surface area contributed by atoms with Crippen molar-refractivity contribution < 1.29 is 0 Å². The summed E-state index contributed by atoms with van der Waals surface area (Å²) in [4.78, 5) is 8.74. The summed E-state index contributed by atoms with van der Waals surface area (Å²) in [6, 6.07) is 17.3. The van der Waals surface area contributed by atoms with E-state index < -0.39 is 0 Å². The Kier molecular flexibility index (Phi) is 2.95. The standard InChI is InChI=1S/C22H16N2/c1-2-16(10-20-14-22-12-18(20)6-8-24-22)4-3-15(1)9-19-13-21-11-17(19)5-7-23-21/h1-12H,13-14H2/b19-9+,20-10?. The molecule has 4 bridgehead atoms. The van der Waals surface area contributed by atoms with Gasteiger partial charge in [-0.2, -0.15) is 0 Å². The predicted octanol–water partition coefficient (Wildman–Crippen LogP) is 4.67. The van der Waals surface area contributed by atoms with Gasteiger partial charge in [0.25, 0.3) is 0 Å². The number of allylic oxidation sites excluding steroid dienone is 2. The van der Waals surface area contributed by atoms with Gasteiger partial charge in [-0.15, -0.1) is 0 Å². The number of nitrogens with zero attached hydrogens (tertiary/aromatic N) is 2. The molecule has 0 fully saturated rings. The second-order valence-electron chi connectivity index (χ2n) is 6.43. The molecular formula is C22H16N2. The van der Waals surface area contributed by atoms with Crippen molar-refractivity contribution in [3.8, 4) is 0 Å². The number of hydrogen-bond acceptors (Lipinski definition) is 2. The zero-order chi connectivity index (χ0) is 15.9. The number of hydrogen-bond donors (Lipinski definition) is 0. The van der Waals surface area contributed by atoms with Gasteiger partial charge < -0.3 is 0 Å². The fraction of sp³-hybridized carbons (Fsp3) is 0.0909. The third-order valence-electron chi connectivity index (χ3n) is 4.74. The summed E-state index contributed by atoms with van der Waals surface area (Å²) in [7, 11) is 0. The van der Waals surface area contributed by atoms with Crippen LogP contribution in [-0.4, -0.2) is 9.97 Å². The average Bonchev–Trinajstić information content (AvgIpc) is 3.04. The second kappa shape index (κ2) is 5.27. The molecule has 2 aromatic heterocycles. The first-order valence-electron chi connectivity index (χ1n) is 8.25. The number of pyridine rings is 2. The molecule has 3 aromatic rings. The Hall–Kier alpha value is -3.00. The maximum atomic E-state index is 4.37. The normalized spacial score (nSPS) is 17.8. The zero-order valence-corrected chi connectivity index (χ0v) is 13.2. The Balaban J connectivity index is 1.40. The van der Waals surface area contributed by atoms with E-state index in [0.29, 0.717) is 0 Å². The van der Waals surface area contributed by atoms with Crippen LogP contribution < -0.4 is 0 Å². The molecule has 2 aliphatic rings. The smallest absolute Gasteiger partial charge is 0.0453 e. The highest BCUT2D eigenvalue weighted by molar-refractivity contribution is 5.87. The molecule has 2 heteroatoms. The molecule has 0 N–H and O–H groups in total. The van der Waals surface area contributed by atoms with Gasteiger partial charge >= 0.3 is 0 Å². The van der Waals surface area contributed by atoms with Crippen LogP contribution in [0, 0.1) is 0 Å². The highest BCUT2D eigenvalue weighted by Gasteiger charge is 2.14. The SMILES string of the molecule is C(=C1Cc2cc1ccn2)c1ccc(/C=C2\Cc3cc2ccn3)cc1. The van der Waals surface area contributed by atoms with E-state index in [9.17, 15) is 0 Å². The molecule has 2 heterocycles. The molecule has 2 aliphatic carbocycles. The Morgan fingerprint density at radius 1 is 0.625 bits per heavy atom. The van der Waals surface area contributed by atoms with Gasteiger partial charge in [-0.1, -0.05) is 36.4 Å². The van der Waals surface area contributed by atoms with Crippen molar-refractivity contribution in [3.05, 3.63) is 94.6 Å². The lowest BCUT2D eigenvalue weighted by Crippen LogP contribution is -1.82. The summed E-state index contributed by atoms with van der Waals surface area (Å²) < 4.78 is 0. The highest BCUT2D eigenvalue weighted by Crippen LogP contribution is 2.30. The van der Waals surface area contributed by atoms with Crippen LogP contribution in [0.1, 0.15) is 33.6 Å². The quantitative estimate of drug-likeness (QED) is 0.687. The highest BCUT2D eigenvalue weighted by atomic mass is 14.7. The Bertz CT molecular complexity index is 912. The summed E-state index contributed by atoms with van der Waals surface area (Å²) in [6.45, 7) is 0. The largest absolute Gasteiger partial charge is 0.261 e. The fourth-order valence-corrected chi connectivity index (χ4v) is 3.50. The van der Waals surface area contributed by atoms with Gasteiger partial charge in [0.15, 0.2) is 0 Å². The van der Waals surface area contributed by atoms with Crippen molar-refractivity contribution in [2.24, 2.45) is 0 Å². The Morgan fingerprint density at radius 3 is 1.50 bits per heavy atom. The number of aromatic nitrogens is 2. The molecule has 0 saturated heterocycles. The maximum absolute atomic E-state index is 4.37. The summed E-state index contributed by atoms with van der Waals surface area (Å²) in [6.07, 6.45) is 10.2. The van der Waals surface area contributed by atoms with Crippen LogP contribution in [0.25, 0.3) is 23.3 Å². The van der Waals surface area contributed by atoms with Gasteiger partial charge in [0.2, 0.25) is 0 Å². The first-order valence-corrected chi connectivity index (χ1v) is 8.25. The summed E-state index contributed by atoms with van der Waals surface area (Å²) in [5.41, 5.74) is 10.1. The minimum Gasteiger partial charge on any atom is -0.261 e. The molecule has 0 aliphatic heterocycles. The Labute approximate surface area is 141 Å². The zero-order valence-electron chi connectivity index (χ0n) is 13.2. The van der Waals surface area contributed by atoms with E-state index in [1.165, 1.54) is 33.4 Å². The lowest BCUT2D eigenvalue weighted by molar-refractivity contribution is 1.17. The van der Waals surface area contributed by atoms with Gasteiger partial charge in [-0.25, -0.2) is 0 Å². The van der Waals surface area contributed by atoms with Crippen LogP contribution in [0.15, 0.2) is 60.9 Å². The summed E-state index contributed by atoms with van der Waals surface area (Å²) in [5.74, 6) is 0. The molecule has 0 atom stereocenters. The van der Waals surface area contributed by atoms with Crippen molar-refractivity contribution in [2.75, 3.05) is 0 Å². The lowest BCUT2D eigenvalue weighted by atomic mass is 10.0. The van der Waals surface area contributed by atoms with Crippen molar-refractivity contribution >= 4 is 23.3 Å². The molecular weight excluding hydrogens is 292 g/mol. The minimum absolute atomic E-state index is 0.941. The van der Waals surface area contributed by atoms with Gasteiger partial charge in [0.1, 0.15) is 0 Å². The fourth-order valence-electron chi connectivity index (χ4n) is 3.50. The maximum Gasteiger partial charge on any atom is 0.0453 e. The van der Waals surface area contributed by atoms with Crippen LogP contribution >= 0.6 is 0 Å². The van der Waals surface area contributed by atoms with Crippen LogP contribution in [0.5, 0.6) is 0 Å². The van der Waals surface area contributed by atoms with Crippen molar-refractivity contribution in [1.29, 1.82) is 0 Å². The van der Waals surface area contributed by atoms with Crippen LogP contribution in [0.2, 0.25) is 0 Å². The predicted molar refractivity (Wildman–Crippen MR) is 98.1 cm³/mol. The summed E-state index contributed by atoms with van der Waals surface area (Å²) in [5, 5.41) is 0. The van der Waals surface area contributed by atoms with E-state index in [1.54, 1.807) is 0 Å². The van der Waals surface area contributed by atoms with Gasteiger partial charge in [0, 0.05) is 36.6 Å². The molecule has 24 heavy (non-hydrogen) atoms. The third kappa shape index (κ3) is 2.37. The molecule has 0 spiro atoms. The van der Waals surface area contributed by atoms with Crippen molar-refractivity contribution in [1.82, 2.24) is 9.97 Å². The number of fused-ring (bicyclic) bond motifs is 4. The van der Waals surface area contributed by atoms with E-state index >= 15 is 0 Å². The van der Waals surface area contributed by atoms with E-state index in [0.717, 1.165) is 24.2 Å². The number of rotatable bonds is 2. The lowest BCUT2D eigenvalue weighted by Gasteiger charge is -2.02. The van der Waals surface area contributed by atoms with Crippen LogP contribution in [0.4, 0.5) is 0 Å². The number of benzene rings is 1. The van der Waals surface area contributed by atoms with Crippen LogP contribution in [0.3, 0.4) is 0 Å². The molecule has 0 amide bonds. The molecule has 0 radical (unpaired) electrons. The molecule has 0 saturated carbocycles. The topological polar surface area (TPSA) is 25.8 Å². The van der Waals surface area contributed by atoms with Crippen molar-refractivity contribution in [3.63, 3.8) is 0 Å². The van der Waals surface area contributed by atoms with E-state index in [1.807, 2.05) is 12.4 Å². The second-order valence-corrected chi connectivity index (χ2v) is 6.43. The first-order chi connectivity index (χ1) is 11.8. The monoisotopic (exact) mass is 308 g/mol.